The van der Waals surface area contributed by atoms with Crippen LogP contribution < -0.4 is 5.32 Å². The highest BCUT2D eigenvalue weighted by Gasteiger charge is 2.54. The van der Waals surface area contributed by atoms with Crippen LogP contribution in [0.1, 0.15) is 86.5 Å². The number of carbonyl (C=O) groups excluding carboxylic acids is 3. The van der Waals surface area contributed by atoms with E-state index in [1.54, 1.807) is 20.8 Å². The van der Waals surface area contributed by atoms with Gasteiger partial charge >= 0.3 is 18.0 Å². The zero-order valence-corrected chi connectivity index (χ0v) is 18.4. The SMILES string of the molecule is CC.CCCCC(=O)O.CCC[C@@H](C(=O)O)N1C(=O)NC(=O)C(CC)(CC)C1=O. The molecule has 9 heteroatoms. The lowest BCUT2D eigenvalue weighted by atomic mass is 9.78. The molecule has 3 N–H and O–H groups in total. The third kappa shape index (κ3) is 7.83. The van der Waals surface area contributed by atoms with Gasteiger partial charge in [-0.2, -0.15) is 0 Å². The summed E-state index contributed by atoms with van der Waals surface area (Å²) in [6.45, 7) is 11.1. The Balaban J connectivity index is 0. The van der Waals surface area contributed by atoms with E-state index in [-0.39, 0.29) is 19.3 Å². The Morgan fingerprint density at radius 1 is 1.00 bits per heavy atom. The number of hydrogen-bond donors (Lipinski definition) is 3. The van der Waals surface area contributed by atoms with E-state index >= 15 is 0 Å². The second kappa shape index (κ2) is 14.5. The van der Waals surface area contributed by atoms with E-state index in [0.717, 1.165) is 12.8 Å². The second-order valence-electron chi connectivity index (χ2n) is 6.36. The van der Waals surface area contributed by atoms with Crippen molar-refractivity contribution in [1.29, 1.82) is 0 Å². The first-order valence-corrected chi connectivity index (χ1v) is 10.3. The van der Waals surface area contributed by atoms with E-state index in [1.807, 2.05) is 20.8 Å². The van der Waals surface area contributed by atoms with Gasteiger partial charge in [0, 0.05) is 6.42 Å². The van der Waals surface area contributed by atoms with Gasteiger partial charge in [-0.15, -0.1) is 0 Å². The number of urea groups is 1. The minimum Gasteiger partial charge on any atom is -0.481 e. The van der Waals surface area contributed by atoms with E-state index in [2.05, 4.69) is 5.32 Å². The average Bonchev–Trinajstić information content (AvgIpc) is 2.68. The van der Waals surface area contributed by atoms with Crippen molar-refractivity contribution < 1.29 is 34.2 Å². The third-order valence-corrected chi connectivity index (χ3v) is 4.61. The molecule has 1 atom stereocenters. The van der Waals surface area contributed by atoms with Gasteiger partial charge < -0.3 is 10.2 Å². The van der Waals surface area contributed by atoms with Crippen LogP contribution in [0.3, 0.4) is 0 Å². The van der Waals surface area contributed by atoms with Crippen molar-refractivity contribution >= 4 is 29.8 Å². The number of rotatable bonds is 9. The first kappa shape index (κ1) is 28.8. The molecule has 0 aliphatic carbocycles. The van der Waals surface area contributed by atoms with Crippen LogP contribution in [0.5, 0.6) is 0 Å². The van der Waals surface area contributed by atoms with Gasteiger partial charge in [0.15, 0.2) is 0 Å². The molecule has 0 aromatic rings. The van der Waals surface area contributed by atoms with Gasteiger partial charge in [0.2, 0.25) is 11.8 Å². The summed E-state index contributed by atoms with van der Waals surface area (Å²) in [5, 5.41) is 19.4. The van der Waals surface area contributed by atoms with Crippen molar-refractivity contribution in [3.05, 3.63) is 0 Å². The van der Waals surface area contributed by atoms with Crippen molar-refractivity contribution in [3.63, 3.8) is 0 Å². The largest absolute Gasteiger partial charge is 0.481 e. The number of imide groups is 2. The number of nitrogens with one attached hydrogen (secondary N) is 1. The third-order valence-electron chi connectivity index (χ3n) is 4.61. The topological polar surface area (TPSA) is 141 Å². The monoisotopic (exact) mass is 416 g/mol. The van der Waals surface area contributed by atoms with Gasteiger partial charge in [-0.25, -0.2) is 14.5 Å². The number of carbonyl (C=O) groups is 5. The van der Waals surface area contributed by atoms with Crippen molar-refractivity contribution in [2.45, 2.75) is 92.5 Å². The summed E-state index contributed by atoms with van der Waals surface area (Å²) < 4.78 is 0. The molecule has 0 saturated carbocycles. The molecular weight excluding hydrogens is 380 g/mol. The summed E-state index contributed by atoms with van der Waals surface area (Å²) in [7, 11) is 0. The molecular formula is C20H36N2O7. The van der Waals surface area contributed by atoms with Crippen LogP contribution in [-0.2, 0) is 19.2 Å². The van der Waals surface area contributed by atoms with Gasteiger partial charge in [-0.3, -0.25) is 19.7 Å². The van der Waals surface area contributed by atoms with Crippen molar-refractivity contribution in [3.8, 4) is 0 Å². The Labute approximate surface area is 172 Å². The van der Waals surface area contributed by atoms with Crippen LogP contribution in [0.2, 0.25) is 0 Å². The van der Waals surface area contributed by atoms with Gasteiger partial charge in [0.1, 0.15) is 11.5 Å². The van der Waals surface area contributed by atoms with Gasteiger partial charge in [0.25, 0.3) is 0 Å². The van der Waals surface area contributed by atoms with E-state index in [0.29, 0.717) is 17.7 Å². The summed E-state index contributed by atoms with van der Waals surface area (Å²) in [4.78, 5) is 58.1. The number of amides is 4. The predicted molar refractivity (Wildman–Crippen MR) is 108 cm³/mol. The Morgan fingerprint density at radius 3 is 1.83 bits per heavy atom. The van der Waals surface area contributed by atoms with Crippen molar-refractivity contribution in [2.24, 2.45) is 5.41 Å². The number of hydrogen-bond acceptors (Lipinski definition) is 5. The zero-order valence-electron chi connectivity index (χ0n) is 18.4. The zero-order chi connectivity index (χ0) is 23.2. The van der Waals surface area contributed by atoms with Crippen LogP contribution in [0, 0.1) is 5.41 Å². The molecule has 29 heavy (non-hydrogen) atoms. The summed E-state index contributed by atoms with van der Waals surface area (Å²) in [5.41, 5.74) is -1.35. The lowest BCUT2D eigenvalue weighted by Gasteiger charge is -2.40. The maximum Gasteiger partial charge on any atom is 0.331 e. The molecule has 1 aliphatic heterocycles. The summed E-state index contributed by atoms with van der Waals surface area (Å²) in [6.07, 6.45) is 3.18. The molecule has 1 rings (SSSR count). The Kier molecular flexibility index (Phi) is 14.4. The first-order valence-electron chi connectivity index (χ1n) is 10.3. The van der Waals surface area contributed by atoms with Crippen LogP contribution in [-0.4, -0.2) is 50.9 Å². The predicted octanol–water partition coefficient (Wildman–Crippen LogP) is 3.41. The maximum absolute atomic E-state index is 12.5. The fourth-order valence-electron chi connectivity index (χ4n) is 2.82. The van der Waals surface area contributed by atoms with E-state index in [9.17, 15) is 29.1 Å². The number of aliphatic carboxylic acids is 2. The standard InChI is InChI=1S/C13H20N2O5.C5H10O2.C2H6/c1-4-7-8(9(16)17)15-11(19)13(5-2,6-3)10(18)14-12(15)20;1-2-3-4-5(6)7;1-2/h8H,4-7H2,1-3H3,(H,16,17)(H,14,18,20);2-4H2,1H3,(H,6,7);1-2H3/t8-;;/m0../s1. The quantitative estimate of drug-likeness (QED) is 0.489. The molecule has 1 saturated heterocycles. The molecule has 1 fully saturated rings. The lowest BCUT2D eigenvalue weighted by molar-refractivity contribution is -0.159. The van der Waals surface area contributed by atoms with Crippen LogP contribution in [0.15, 0.2) is 0 Å². The minimum absolute atomic E-state index is 0.159. The molecule has 0 spiro atoms. The highest BCUT2D eigenvalue weighted by atomic mass is 16.4. The highest BCUT2D eigenvalue weighted by molar-refractivity contribution is 6.20. The average molecular weight is 417 g/mol. The molecule has 0 unspecified atom stereocenters. The van der Waals surface area contributed by atoms with Crippen molar-refractivity contribution in [1.82, 2.24) is 10.2 Å². The lowest BCUT2D eigenvalue weighted by Crippen LogP contribution is -2.66. The number of carboxylic acids is 2. The molecule has 0 aromatic heterocycles. The summed E-state index contributed by atoms with van der Waals surface area (Å²) in [6, 6.07) is -2.18. The first-order chi connectivity index (χ1) is 13.6. The molecule has 0 radical (unpaired) electrons. The summed E-state index contributed by atoms with van der Waals surface area (Å²) >= 11 is 0. The number of nitrogens with zero attached hydrogens (tertiary/aromatic N) is 1. The minimum atomic E-state index is -1.35. The van der Waals surface area contributed by atoms with E-state index in [1.165, 1.54) is 0 Å². The number of carboxylic acid groups (broad SMARTS) is 2. The van der Waals surface area contributed by atoms with Crippen LogP contribution in [0.4, 0.5) is 4.79 Å². The van der Waals surface area contributed by atoms with Crippen molar-refractivity contribution in [2.75, 3.05) is 0 Å². The van der Waals surface area contributed by atoms with Gasteiger partial charge in [0.05, 0.1) is 0 Å². The molecule has 168 valence electrons. The van der Waals surface area contributed by atoms with Gasteiger partial charge in [-0.05, 0) is 25.7 Å². The Bertz CT molecular complexity index is 571. The van der Waals surface area contributed by atoms with Crippen LogP contribution >= 0.6 is 0 Å². The molecule has 9 nitrogen and oxygen atoms in total. The summed E-state index contributed by atoms with van der Waals surface area (Å²) in [5.74, 6) is -3.29. The normalized spacial score (nSPS) is 15.9. The number of barbiturate groups is 1. The fourth-order valence-corrected chi connectivity index (χ4v) is 2.82. The molecule has 4 amide bonds. The number of unbranched alkanes of at least 4 members (excludes halogenated alkanes) is 1. The van der Waals surface area contributed by atoms with Crippen LogP contribution in [0.25, 0.3) is 0 Å². The molecule has 1 heterocycles. The maximum atomic E-state index is 12.5. The smallest absolute Gasteiger partial charge is 0.331 e. The fraction of sp³-hybridized carbons (Fsp3) is 0.750. The van der Waals surface area contributed by atoms with Gasteiger partial charge in [-0.1, -0.05) is 54.4 Å². The molecule has 0 aromatic carbocycles. The van der Waals surface area contributed by atoms with E-state index < -0.39 is 41.2 Å². The highest BCUT2D eigenvalue weighted by Crippen LogP contribution is 2.33. The Hall–Kier alpha value is -2.45. The second-order valence-corrected chi connectivity index (χ2v) is 6.36. The molecule has 0 bridgehead atoms. The Morgan fingerprint density at radius 2 is 1.52 bits per heavy atom. The van der Waals surface area contributed by atoms with E-state index in [4.69, 9.17) is 5.11 Å². The molecule has 1 aliphatic rings.